The summed E-state index contributed by atoms with van der Waals surface area (Å²) in [5.41, 5.74) is 3.56. The maximum Gasteiger partial charge on any atom is 0.222 e. The molecule has 0 bridgehead atoms. The molecule has 0 aliphatic carbocycles. The van der Waals surface area contributed by atoms with Crippen molar-refractivity contribution < 1.29 is 9.15 Å². The van der Waals surface area contributed by atoms with Crippen molar-refractivity contribution >= 4 is 35.2 Å². The monoisotopic (exact) mass is 508 g/mol. The fourth-order valence-electron chi connectivity index (χ4n) is 3.97. The van der Waals surface area contributed by atoms with Crippen molar-refractivity contribution in [2.24, 2.45) is 12.0 Å². The van der Waals surface area contributed by atoms with Crippen LogP contribution in [0.3, 0.4) is 0 Å². The van der Waals surface area contributed by atoms with Crippen LogP contribution in [-0.2, 0) is 13.6 Å². The molecular formula is C28H28N8O2. The molecule has 0 aliphatic heterocycles. The topological polar surface area (TPSA) is 106 Å². The van der Waals surface area contributed by atoms with Gasteiger partial charge in [-0.3, -0.25) is 0 Å². The Kier molecular flexibility index (Phi) is 6.96. The van der Waals surface area contributed by atoms with Crippen molar-refractivity contribution in [3.63, 3.8) is 0 Å². The first-order valence-corrected chi connectivity index (χ1v) is 12.0. The summed E-state index contributed by atoms with van der Waals surface area (Å²) in [6.45, 7) is 6.31. The van der Waals surface area contributed by atoms with E-state index in [0.717, 1.165) is 45.8 Å². The standard InChI is InChI=1S/C28H28N8O2/c1-18-12-20(7-10-24(18)38-27(29-2)14-26-34-32-17-36(26)5)33-28-22-13-19(6-9-23(22)30-16-31-28)25-11-8-21(37-25)15-35(3)4/h6-14,16-17H,2,15H2,1,3-5H3,(H,30,31,33)/b27-14+. The maximum atomic E-state index is 6.05. The molecule has 5 aromatic rings. The predicted octanol–water partition coefficient (Wildman–Crippen LogP) is 5.21. The molecule has 38 heavy (non-hydrogen) atoms. The lowest BCUT2D eigenvalue weighted by molar-refractivity contribution is 0.353. The van der Waals surface area contributed by atoms with E-state index >= 15 is 0 Å². The van der Waals surface area contributed by atoms with Crippen molar-refractivity contribution in [1.82, 2.24) is 29.6 Å². The number of aliphatic imine (C=N–C) groups is 1. The Labute approximate surface area is 220 Å². The molecule has 5 rings (SSSR count). The van der Waals surface area contributed by atoms with E-state index in [-0.39, 0.29) is 0 Å². The summed E-state index contributed by atoms with van der Waals surface area (Å²) >= 11 is 0. The molecule has 0 spiro atoms. The predicted molar refractivity (Wildman–Crippen MR) is 148 cm³/mol. The van der Waals surface area contributed by atoms with Gasteiger partial charge < -0.3 is 23.9 Å². The number of rotatable bonds is 9. The number of hydrogen-bond donors (Lipinski definition) is 1. The van der Waals surface area contributed by atoms with Crippen molar-refractivity contribution in [2.45, 2.75) is 13.5 Å². The number of nitrogens with one attached hydrogen (secondary N) is 1. The Morgan fingerprint density at radius 1 is 1.16 bits per heavy atom. The van der Waals surface area contributed by atoms with E-state index in [2.05, 4.69) is 42.1 Å². The number of fused-ring (bicyclic) bond motifs is 1. The Bertz CT molecular complexity index is 1630. The largest absolute Gasteiger partial charge is 0.460 e. The highest BCUT2D eigenvalue weighted by atomic mass is 16.5. The van der Waals surface area contributed by atoms with Gasteiger partial charge in [-0.2, -0.15) is 0 Å². The van der Waals surface area contributed by atoms with Crippen LogP contribution >= 0.6 is 0 Å². The summed E-state index contributed by atoms with van der Waals surface area (Å²) in [5, 5.41) is 12.2. The van der Waals surface area contributed by atoms with E-state index < -0.39 is 0 Å². The number of anilines is 2. The van der Waals surface area contributed by atoms with Gasteiger partial charge in [-0.1, -0.05) is 0 Å². The number of furan rings is 1. The van der Waals surface area contributed by atoms with Crippen molar-refractivity contribution in [2.75, 3.05) is 19.4 Å². The smallest absolute Gasteiger partial charge is 0.222 e. The Morgan fingerprint density at radius 3 is 2.76 bits per heavy atom. The Hall–Kier alpha value is -4.83. The number of nitrogens with zero attached hydrogens (tertiary/aromatic N) is 7. The maximum absolute atomic E-state index is 6.05. The van der Waals surface area contributed by atoms with Gasteiger partial charge in [0.1, 0.15) is 35.7 Å². The van der Waals surface area contributed by atoms with Crippen LogP contribution in [-0.4, -0.2) is 50.4 Å². The summed E-state index contributed by atoms with van der Waals surface area (Å²) in [4.78, 5) is 15.0. The fourth-order valence-corrected chi connectivity index (χ4v) is 3.97. The minimum atomic E-state index is 0.325. The highest BCUT2D eigenvalue weighted by Gasteiger charge is 2.12. The van der Waals surface area contributed by atoms with Gasteiger partial charge in [0.2, 0.25) is 5.88 Å². The summed E-state index contributed by atoms with van der Waals surface area (Å²) in [5.74, 6) is 3.99. The van der Waals surface area contributed by atoms with Gasteiger partial charge in [0.05, 0.1) is 12.1 Å². The van der Waals surface area contributed by atoms with Crippen molar-refractivity contribution in [1.29, 1.82) is 0 Å². The molecule has 0 atom stereocenters. The lowest BCUT2D eigenvalue weighted by atomic mass is 10.1. The van der Waals surface area contributed by atoms with Gasteiger partial charge in [-0.25, -0.2) is 15.0 Å². The van der Waals surface area contributed by atoms with Gasteiger partial charge in [0.25, 0.3) is 0 Å². The molecule has 0 saturated heterocycles. The quantitative estimate of drug-likeness (QED) is 0.214. The molecule has 0 unspecified atom stereocenters. The zero-order valence-electron chi connectivity index (χ0n) is 21.7. The minimum absolute atomic E-state index is 0.325. The zero-order chi connectivity index (χ0) is 26.6. The van der Waals surface area contributed by atoms with E-state index in [1.807, 2.05) is 76.6 Å². The lowest BCUT2D eigenvalue weighted by Crippen LogP contribution is -2.09. The van der Waals surface area contributed by atoms with Crippen LogP contribution in [0.15, 0.2) is 76.5 Å². The SMILES string of the molecule is C=N/C(=C\c1nncn1C)Oc1ccc(Nc2ncnc3ccc(-c4ccc(CN(C)C)o4)cc23)cc1C. The molecule has 0 aliphatic rings. The third kappa shape index (κ3) is 5.45. The molecule has 0 saturated carbocycles. The van der Waals surface area contributed by atoms with E-state index in [9.17, 15) is 0 Å². The summed E-state index contributed by atoms with van der Waals surface area (Å²) in [6, 6.07) is 15.8. The van der Waals surface area contributed by atoms with E-state index in [4.69, 9.17) is 9.15 Å². The molecule has 192 valence electrons. The molecule has 1 N–H and O–H groups in total. The molecule has 0 radical (unpaired) electrons. The first kappa shape index (κ1) is 24.8. The highest BCUT2D eigenvalue weighted by molar-refractivity contribution is 5.93. The van der Waals surface area contributed by atoms with Crippen LogP contribution in [0.4, 0.5) is 11.5 Å². The second-order valence-electron chi connectivity index (χ2n) is 9.11. The van der Waals surface area contributed by atoms with Crippen molar-refractivity contribution in [3.8, 4) is 17.1 Å². The number of hydrogen-bond acceptors (Lipinski definition) is 9. The van der Waals surface area contributed by atoms with Gasteiger partial charge >= 0.3 is 0 Å². The second kappa shape index (κ2) is 10.7. The van der Waals surface area contributed by atoms with Crippen LogP contribution in [0.5, 0.6) is 5.75 Å². The number of ether oxygens (including phenoxy) is 1. The van der Waals surface area contributed by atoms with E-state index in [1.54, 1.807) is 23.3 Å². The number of benzene rings is 2. The first-order chi connectivity index (χ1) is 18.4. The molecule has 0 fully saturated rings. The zero-order valence-corrected chi connectivity index (χ0v) is 21.7. The minimum Gasteiger partial charge on any atom is -0.460 e. The van der Waals surface area contributed by atoms with Crippen LogP contribution in [0, 0.1) is 6.92 Å². The first-order valence-electron chi connectivity index (χ1n) is 12.0. The molecule has 2 aromatic carbocycles. The summed E-state index contributed by atoms with van der Waals surface area (Å²) < 4.78 is 13.8. The number of aromatic nitrogens is 5. The average Bonchev–Trinajstić information content (AvgIpc) is 3.53. The van der Waals surface area contributed by atoms with E-state index in [0.29, 0.717) is 23.3 Å². The third-order valence-corrected chi connectivity index (χ3v) is 5.86. The molecule has 10 nitrogen and oxygen atoms in total. The van der Waals surface area contributed by atoms with Gasteiger partial charge in [-0.05, 0) is 81.8 Å². The lowest BCUT2D eigenvalue weighted by Gasteiger charge is -2.13. The van der Waals surface area contributed by atoms with E-state index in [1.165, 1.54) is 0 Å². The molecular weight excluding hydrogens is 480 g/mol. The fraction of sp³-hybridized carbons (Fsp3) is 0.179. The molecule has 3 heterocycles. The number of aryl methyl sites for hydroxylation is 2. The molecule has 0 amide bonds. The van der Waals surface area contributed by atoms with Crippen LogP contribution in [0.25, 0.3) is 28.3 Å². The van der Waals surface area contributed by atoms with Crippen LogP contribution < -0.4 is 10.1 Å². The molecule has 10 heteroatoms. The summed E-state index contributed by atoms with van der Waals surface area (Å²) in [6.07, 6.45) is 4.84. The van der Waals surface area contributed by atoms with Crippen LogP contribution in [0.2, 0.25) is 0 Å². The Morgan fingerprint density at radius 2 is 2.03 bits per heavy atom. The van der Waals surface area contributed by atoms with Gasteiger partial charge in [0.15, 0.2) is 5.82 Å². The normalized spacial score (nSPS) is 11.8. The summed E-state index contributed by atoms with van der Waals surface area (Å²) in [7, 11) is 5.87. The van der Waals surface area contributed by atoms with Gasteiger partial charge in [0, 0.05) is 29.8 Å². The third-order valence-electron chi connectivity index (χ3n) is 5.86. The van der Waals surface area contributed by atoms with Crippen molar-refractivity contribution in [3.05, 3.63) is 84.2 Å². The Balaban J connectivity index is 1.39. The highest BCUT2D eigenvalue weighted by Crippen LogP contribution is 2.31. The van der Waals surface area contributed by atoms with Gasteiger partial charge in [-0.15, -0.1) is 10.2 Å². The average molecular weight is 509 g/mol. The second-order valence-corrected chi connectivity index (χ2v) is 9.11. The van der Waals surface area contributed by atoms with Crippen LogP contribution in [0.1, 0.15) is 17.1 Å². The molecule has 3 aromatic heterocycles.